The van der Waals surface area contributed by atoms with E-state index in [9.17, 15) is 0 Å². The van der Waals surface area contributed by atoms with E-state index < -0.39 is 0 Å². The number of amidine groups is 1. The van der Waals surface area contributed by atoms with E-state index in [0.29, 0.717) is 5.56 Å². The predicted molar refractivity (Wildman–Crippen MR) is 72.0 cm³/mol. The van der Waals surface area contributed by atoms with E-state index in [4.69, 9.17) is 10.9 Å². The number of aryl methyl sites for hydroxylation is 1. The molecule has 0 bridgehead atoms. The van der Waals surface area contributed by atoms with E-state index in [1.54, 1.807) is 24.0 Å². The zero-order chi connectivity index (χ0) is 13.0. The van der Waals surface area contributed by atoms with Crippen LogP contribution < -0.4 is 5.73 Å². The Balaban J connectivity index is 2.13. The van der Waals surface area contributed by atoms with Crippen molar-refractivity contribution in [2.45, 2.75) is 16.8 Å². The summed E-state index contributed by atoms with van der Waals surface area (Å²) in [6.07, 6.45) is 1.59. The Hall–Kier alpha value is -2.01. The Bertz CT molecular complexity index is 549. The van der Waals surface area contributed by atoms with Gasteiger partial charge in [0.1, 0.15) is 5.03 Å². The number of hydrogen-bond acceptors (Lipinski definition) is 4. The number of oxime groups is 1. The van der Waals surface area contributed by atoms with E-state index >= 15 is 0 Å². The van der Waals surface area contributed by atoms with Crippen molar-refractivity contribution in [3.05, 3.63) is 53.7 Å². The van der Waals surface area contributed by atoms with Crippen molar-refractivity contribution in [2.24, 2.45) is 10.9 Å². The lowest BCUT2D eigenvalue weighted by Gasteiger charge is -2.02. The molecule has 0 amide bonds. The first kappa shape index (κ1) is 12.4. The van der Waals surface area contributed by atoms with E-state index in [0.717, 1.165) is 9.92 Å². The van der Waals surface area contributed by atoms with Crippen LogP contribution in [0.2, 0.25) is 0 Å². The zero-order valence-corrected chi connectivity index (χ0v) is 10.7. The third kappa shape index (κ3) is 3.01. The number of aromatic nitrogens is 1. The normalized spacial score (nSPS) is 11.5. The third-order valence-corrected chi connectivity index (χ3v) is 3.34. The highest BCUT2D eigenvalue weighted by molar-refractivity contribution is 7.99. The Morgan fingerprint density at radius 2 is 1.94 bits per heavy atom. The van der Waals surface area contributed by atoms with Crippen LogP contribution in [0.5, 0.6) is 0 Å². The van der Waals surface area contributed by atoms with Crippen molar-refractivity contribution in [1.29, 1.82) is 0 Å². The van der Waals surface area contributed by atoms with Gasteiger partial charge in [0, 0.05) is 16.7 Å². The average molecular weight is 259 g/mol. The summed E-state index contributed by atoms with van der Waals surface area (Å²) in [6.45, 7) is 2.05. The molecule has 1 aromatic carbocycles. The predicted octanol–water partition coefficient (Wildman–Crippen LogP) is 2.64. The first-order valence-electron chi connectivity index (χ1n) is 5.37. The Morgan fingerprint density at radius 3 is 2.50 bits per heavy atom. The molecule has 0 unspecified atom stereocenters. The summed E-state index contributed by atoms with van der Waals surface area (Å²) in [6, 6.07) is 11.9. The highest BCUT2D eigenvalue weighted by atomic mass is 32.2. The first-order valence-corrected chi connectivity index (χ1v) is 6.19. The number of rotatable bonds is 3. The SMILES string of the molecule is Cc1ccc(Sc2ccc(/C(N)=N/O)cn2)cc1. The lowest BCUT2D eigenvalue weighted by Crippen LogP contribution is -2.13. The van der Waals surface area contributed by atoms with Gasteiger partial charge in [0.15, 0.2) is 5.84 Å². The van der Waals surface area contributed by atoms with Gasteiger partial charge in [-0.1, -0.05) is 34.6 Å². The Kier molecular flexibility index (Phi) is 3.84. The van der Waals surface area contributed by atoms with E-state index in [2.05, 4.69) is 41.3 Å². The molecule has 18 heavy (non-hydrogen) atoms. The third-order valence-electron chi connectivity index (χ3n) is 2.38. The summed E-state index contributed by atoms with van der Waals surface area (Å²) in [5.41, 5.74) is 7.30. The smallest absolute Gasteiger partial charge is 0.171 e. The molecule has 2 aromatic rings. The molecular formula is C13H13N3OS. The summed E-state index contributed by atoms with van der Waals surface area (Å²) in [5, 5.41) is 12.3. The molecule has 5 heteroatoms. The summed E-state index contributed by atoms with van der Waals surface area (Å²) in [7, 11) is 0. The molecule has 0 saturated heterocycles. The van der Waals surface area contributed by atoms with Crippen LogP contribution in [-0.2, 0) is 0 Å². The van der Waals surface area contributed by atoms with Gasteiger partial charge in [-0.3, -0.25) is 0 Å². The number of pyridine rings is 1. The fourth-order valence-electron chi connectivity index (χ4n) is 1.38. The van der Waals surface area contributed by atoms with Gasteiger partial charge >= 0.3 is 0 Å². The highest BCUT2D eigenvalue weighted by Gasteiger charge is 2.02. The molecule has 0 radical (unpaired) electrons. The van der Waals surface area contributed by atoms with Gasteiger partial charge < -0.3 is 10.9 Å². The summed E-state index contributed by atoms with van der Waals surface area (Å²) in [5.74, 6) is 0.0642. The van der Waals surface area contributed by atoms with Crippen LogP contribution in [0.1, 0.15) is 11.1 Å². The number of hydrogen-bond donors (Lipinski definition) is 2. The minimum atomic E-state index is 0.0642. The van der Waals surface area contributed by atoms with E-state index in [-0.39, 0.29) is 5.84 Å². The average Bonchev–Trinajstić information content (AvgIpc) is 2.41. The molecule has 0 spiro atoms. The van der Waals surface area contributed by atoms with Crippen LogP contribution in [-0.4, -0.2) is 16.0 Å². The largest absolute Gasteiger partial charge is 0.409 e. The lowest BCUT2D eigenvalue weighted by atomic mass is 10.2. The fourth-order valence-corrected chi connectivity index (χ4v) is 2.13. The topological polar surface area (TPSA) is 71.5 Å². The molecule has 0 aliphatic carbocycles. The van der Waals surface area contributed by atoms with Crippen LogP contribution in [0.3, 0.4) is 0 Å². The van der Waals surface area contributed by atoms with Crippen molar-refractivity contribution < 1.29 is 5.21 Å². The first-order chi connectivity index (χ1) is 8.69. The molecule has 4 nitrogen and oxygen atoms in total. The second-order valence-electron chi connectivity index (χ2n) is 3.79. The van der Waals surface area contributed by atoms with Gasteiger partial charge in [-0.15, -0.1) is 0 Å². The maximum atomic E-state index is 8.55. The maximum Gasteiger partial charge on any atom is 0.171 e. The highest BCUT2D eigenvalue weighted by Crippen LogP contribution is 2.25. The van der Waals surface area contributed by atoms with E-state index in [1.807, 2.05) is 6.07 Å². The second-order valence-corrected chi connectivity index (χ2v) is 4.88. The molecule has 3 N–H and O–H groups in total. The van der Waals surface area contributed by atoms with Gasteiger partial charge in [0.05, 0.1) is 0 Å². The second kappa shape index (κ2) is 5.55. The van der Waals surface area contributed by atoms with Crippen LogP contribution in [0, 0.1) is 6.92 Å². The van der Waals surface area contributed by atoms with Crippen LogP contribution in [0.15, 0.2) is 57.7 Å². The van der Waals surface area contributed by atoms with Crippen LogP contribution in [0.4, 0.5) is 0 Å². The van der Waals surface area contributed by atoms with Gasteiger partial charge in [-0.05, 0) is 31.2 Å². The van der Waals surface area contributed by atoms with Crippen LogP contribution >= 0.6 is 11.8 Å². The lowest BCUT2D eigenvalue weighted by molar-refractivity contribution is 0.318. The Morgan fingerprint density at radius 1 is 1.22 bits per heavy atom. The van der Waals surface area contributed by atoms with Gasteiger partial charge in [0.25, 0.3) is 0 Å². The van der Waals surface area contributed by atoms with Crippen molar-refractivity contribution in [3.63, 3.8) is 0 Å². The number of benzene rings is 1. The van der Waals surface area contributed by atoms with Crippen molar-refractivity contribution in [2.75, 3.05) is 0 Å². The monoisotopic (exact) mass is 259 g/mol. The molecule has 1 heterocycles. The zero-order valence-electron chi connectivity index (χ0n) is 9.87. The fraction of sp³-hybridized carbons (Fsp3) is 0.0769. The molecule has 0 saturated carbocycles. The molecule has 2 rings (SSSR count). The van der Waals surface area contributed by atoms with Gasteiger partial charge in [0.2, 0.25) is 0 Å². The van der Waals surface area contributed by atoms with Crippen LogP contribution in [0.25, 0.3) is 0 Å². The Labute approximate surface area is 110 Å². The minimum absolute atomic E-state index is 0.0642. The summed E-state index contributed by atoms with van der Waals surface area (Å²) in [4.78, 5) is 5.39. The van der Waals surface area contributed by atoms with Gasteiger partial charge in [-0.25, -0.2) is 4.98 Å². The molecule has 92 valence electrons. The van der Waals surface area contributed by atoms with Crippen molar-refractivity contribution in [3.8, 4) is 0 Å². The standard InChI is InChI=1S/C13H13N3OS/c1-9-2-5-11(6-3-9)18-12-7-4-10(8-15-12)13(14)16-17/h2-8,17H,1H3,(H2,14,16). The number of nitrogens with zero attached hydrogens (tertiary/aromatic N) is 2. The van der Waals surface area contributed by atoms with Gasteiger partial charge in [-0.2, -0.15) is 0 Å². The maximum absolute atomic E-state index is 8.55. The molecule has 0 aliphatic rings. The molecule has 0 aliphatic heterocycles. The van der Waals surface area contributed by atoms with Crippen molar-refractivity contribution >= 4 is 17.6 Å². The summed E-state index contributed by atoms with van der Waals surface area (Å²) >= 11 is 1.57. The molecule has 1 aromatic heterocycles. The minimum Gasteiger partial charge on any atom is -0.409 e. The summed E-state index contributed by atoms with van der Waals surface area (Å²) < 4.78 is 0. The van der Waals surface area contributed by atoms with Crippen molar-refractivity contribution in [1.82, 2.24) is 4.98 Å². The number of nitrogens with two attached hydrogens (primary N) is 1. The molecule has 0 fully saturated rings. The molecule has 0 atom stereocenters. The van der Waals surface area contributed by atoms with E-state index in [1.165, 1.54) is 5.56 Å². The molecular weight excluding hydrogens is 246 g/mol. The quantitative estimate of drug-likeness (QED) is 0.385.